The summed E-state index contributed by atoms with van der Waals surface area (Å²) in [5.41, 5.74) is 0.742. The second kappa shape index (κ2) is 7.36. The molecule has 23 heavy (non-hydrogen) atoms. The molecule has 118 valence electrons. The third-order valence-corrected chi connectivity index (χ3v) is 3.01. The number of ether oxygens (including phenoxy) is 2. The van der Waals surface area contributed by atoms with Gasteiger partial charge in [-0.2, -0.15) is 14.0 Å². The molecule has 0 fully saturated rings. The number of nitriles is 1. The van der Waals surface area contributed by atoms with Crippen LogP contribution in [0.3, 0.4) is 0 Å². The molecule has 2 rings (SSSR count). The third kappa shape index (κ3) is 4.51. The molecule has 2 aromatic carbocycles. The van der Waals surface area contributed by atoms with Crippen LogP contribution >= 0.6 is 0 Å². The van der Waals surface area contributed by atoms with Crippen LogP contribution in [0.25, 0.3) is 0 Å². The Balaban J connectivity index is 2.05. The van der Waals surface area contributed by atoms with E-state index in [-0.39, 0.29) is 11.5 Å². The van der Waals surface area contributed by atoms with Gasteiger partial charge in [-0.05, 0) is 49.4 Å². The molecule has 0 aliphatic rings. The van der Waals surface area contributed by atoms with Crippen molar-refractivity contribution in [3.05, 3.63) is 59.7 Å². The number of alkyl halides is 2. The highest BCUT2D eigenvalue weighted by atomic mass is 19.3. The van der Waals surface area contributed by atoms with Crippen molar-refractivity contribution in [2.45, 2.75) is 19.6 Å². The van der Waals surface area contributed by atoms with Crippen LogP contribution in [0.2, 0.25) is 0 Å². The summed E-state index contributed by atoms with van der Waals surface area (Å²) in [6.45, 7) is -1.34. The molecule has 0 aromatic heterocycles. The van der Waals surface area contributed by atoms with Crippen molar-refractivity contribution >= 4 is 5.78 Å². The Morgan fingerprint density at radius 1 is 1.09 bits per heavy atom. The zero-order chi connectivity index (χ0) is 16.8. The van der Waals surface area contributed by atoms with Crippen LogP contribution in [0.1, 0.15) is 22.8 Å². The third-order valence-electron chi connectivity index (χ3n) is 3.01. The van der Waals surface area contributed by atoms with Crippen LogP contribution in [0.4, 0.5) is 8.78 Å². The number of carbonyl (C=O) groups excluding carboxylic acids is 1. The first-order chi connectivity index (χ1) is 11.0. The van der Waals surface area contributed by atoms with Crippen molar-refractivity contribution in [1.82, 2.24) is 0 Å². The number of ketones is 1. The van der Waals surface area contributed by atoms with Crippen LogP contribution in [-0.4, -0.2) is 18.5 Å². The molecule has 0 aliphatic carbocycles. The first-order valence-corrected chi connectivity index (χ1v) is 6.75. The Hall–Kier alpha value is -2.94. The highest BCUT2D eigenvalue weighted by Gasteiger charge is 2.17. The summed E-state index contributed by atoms with van der Waals surface area (Å²) in [5, 5.41) is 8.83. The lowest BCUT2D eigenvalue weighted by molar-refractivity contribution is -0.0498. The molecule has 0 unspecified atom stereocenters. The molecule has 1 atom stereocenters. The SMILES string of the molecule is C[C@@H](Oc1cccc(C#N)c1)C(=O)c1ccc(OC(F)F)cc1. The fraction of sp³-hybridized carbons (Fsp3) is 0.176. The average Bonchev–Trinajstić information content (AvgIpc) is 2.54. The van der Waals surface area contributed by atoms with Crippen molar-refractivity contribution in [2.24, 2.45) is 0 Å². The topological polar surface area (TPSA) is 59.3 Å². The lowest BCUT2D eigenvalue weighted by Crippen LogP contribution is -2.23. The number of benzene rings is 2. The Bertz CT molecular complexity index is 723. The summed E-state index contributed by atoms with van der Waals surface area (Å²) in [5.74, 6) is 0.0744. The number of hydrogen-bond acceptors (Lipinski definition) is 4. The van der Waals surface area contributed by atoms with Crippen LogP contribution < -0.4 is 9.47 Å². The van der Waals surface area contributed by atoms with Gasteiger partial charge in [-0.15, -0.1) is 0 Å². The fourth-order valence-electron chi connectivity index (χ4n) is 1.93. The molecule has 0 bridgehead atoms. The van der Waals surface area contributed by atoms with Crippen molar-refractivity contribution in [2.75, 3.05) is 0 Å². The van der Waals surface area contributed by atoms with Gasteiger partial charge in [-0.3, -0.25) is 4.79 Å². The first-order valence-electron chi connectivity index (χ1n) is 6.75. The van der Waals surface area contributed by atoms with Gasteiger partial charge in [-0.1, -0.05) is 6.07 Å². The molecular formula is C17H13F2NO3. The number of rotatable bonds is 6. The van der Waals surface area contributed by atoms with E-state index in [2.05, 4.69) is 4.74 Å². The van der Waals surface area contributed by atoms with Crippen molar-refractivity contribution in [1.29, 1.82) is 5.26 Å². The van der Waals surface area contributed by atoms with Gasteiger partial charge in [0, 0.05) is 5.56 Å². The van der Waals surface area contributed by atoms with Crippen LogP contribution in [0.15, 0.2) is 48.5 Å². The minimum Gasteiger partial charge on any atom is -0.483 e. The fourth-order valence-corrected chi connectivity index (χ4v) is 1.93. The summed E-state index contributed by atoms with van der Waals surface area (Å²) in [7, 11) is 0. The molecule has 0 radical (unpaired) electrons. The predicted molar refractivity (Wildman–Crippen MR) is 78.7 cm³/mol. The lowest BCUT2D eigenvalue weighted by Gasteiger charge is -2.14. The summed E-state index contributed by atoms with van der Waals surface area (Å²) < 4.78 is 33.9. The van der Waals surface area contributed by atoms with Gasteiger partial charge in [0.25, 0.3) is 0 Å². The molecule has 0 heterocycles. The molecule has 0 amide bonds. The summed E-state index contributed by atoms with van der Waals surface area (Å²) in [6, 6.07) is 13.8. The highest BCUT2D eigenvalue weighted by Crippen LogP contribution is 2.19. The van der Waals surface area contributed by atoms with Crippen molar-refractivity contribution in [3.63, 3.8) is 0 Å². The molecule has 4 nitrogen and oxygen atoms in total. The number of Topliss-reactive ketones (excluding diaryl/α,β-unsaturated/α-hetero) is 1. The Labute approximate surface area is 131 Å². The Morgan fingerprint density at radius 3 is 2.39 bits per heavy atom. The van der Waals surface area contributed by atoms with E-state index >= 15 is 0 Å². The van der Waals surface area contributed by atoms with Crippen molar-refractivity contribution < 1.29 is 23.0 Å². The van der Waals surface area contributed by atoms with E-state index < -0.39 is 12.7 Å². The molecule has 6 heteroatoms. The van der Waals surface area contributed by atoms with Gasteiger partial charge < -0.3 is 9.47 Å². The minimum absolute atomic E-state index is 0.0214. The van der Waals surface area contributed by atoms with Crippen LogP contribution in [0, 0.1) is 11.3 Å². The van der Waals surface area contributed by atoms with Crippen LogP contribution in [0.5, 0.6) is 11.5 Å². The molecule has 2 aromatic rings. The maximum Gasteiger partial charge on any atom is 0.387 e. The van der Waals surface area contributed by atoms with E-state index in [1.54, 1.807) is 25.1 Å². The van der Waals surface area contributed by atoms with Crippen LogP contribution in [-0.2, 0) is 0 Å². The largest absolute Gasteiger partial charge is 0.483 e. The van der Waals surface area contributed by atoms with Gasteiger partial charge >= 0.3 is 6.61 Å². The van der Waals surface area contributed by atoms with E-state index in [4.69, 9.17) is 10.00 Å². The van der Waals surface area contributed by atoms with E-state index in [0.717, 1.165) is 0 Å². The number of hydrogen-bond donors (Lipinski definition) is 0. The summed E-state index contributed by atoms with van der Waals surface area (Å²) in [6.07, 6.45) is -0.786. The van der Waals surface area contributed by atoms with Gasteiger partial charge in [0.15, 0.2) is 6.10 Å². The second-order valence-electron chi connectivity index (χ2n) is 4.67. The Morgan fingerprint density at radius 2 is 1.78 bits per heavy atom. The number of halogens is 2. The Kier molecular flexibility index (Phi) is 5.26. The number of carbonyl (C=O) groups is 1. The van der Waals surface area contributed by atoms with E-state index in [1.165, 1.54) is 30.3 Å². The quantitative estimate of drug-likeness (QED) is 0.760. The first kappa shape index (κ1) is 16.4. The van der Waals surface area contributed by atoms with Gasteiger partial charge in [0.05, 0.1) is 11.6 Å². The molecular weight excluding hydrogens is 304 g/mol. The smallest absolute Gasteiger partial charge is 0.387 e. The standard InChI is InChI=1S/C17H13F2NO3/c1-11(22-15-4-2-3-12(9-15)10-20)16(21)13-5-7-14(8-6-13)23-17(18)19/h2-9,11,17H,1H3/t11-/m1/s1. The zero-order valence-corrected chi connectivity index (χ0v) is 12.2. The molecule has 0 spiro atoms. The van der Waals surface area contributed by atoms with E-state index in [1.807, 2.05) is 6.07 Å². The normalized spacial score (nSPS) is 11.6. The van der Waals surface area contributed by atoms with Gasteiger partial charge in [0.2, 0.25) is 5.78 Å². The molecule has 0 N–H and O–H groups in total. The lowest BCUT2D eigenvalue weighted by atomic mass is 10.1. The second-order valence-corrected chi connectivity index (χ2v) is 4.67. The van der Waals surface area contributed by atoms with Gasteiger partial charge in [-0.25, -0.2) is 0 Å². The van der Waals surface area contributed by atoms with Gasteiger partial charge in [0.1, 0.15) is 11.5 Å². The zero-order valence-electron chi connectivity index (χ0n) is 12.2. The highest BCUT2D eigenvalue weighted by molar-refractivity contribution is 5.99. The molecule has 0 aliphatic heterocycles. The van der Waals surface area contributed by atoms with E-state index in [0.29, 0.717) is 16.9 Å². The summed E-state index contributed by atoms with van der Waals surface area (Å²) in [4.78, 5) is 12.3. The minimum atomic E-state index is -2.91. The summed E-state index contributed by atoms with van der Waals surface area (Å²) >= 11 is 0. The molecule has 0 saturated carbocycles. The van der Waals surface area contributed by atoms with Crippen molar-refractivity contribution in [3.8, 4) is 17.6 Å². The maximum absolute atomic E-state index is 12.3. The average molecular weight is 317 g/mol. The maximum atomic E-state index is 12.3. The van der Waals surface area contributed by atoms with E-state index in [9.17, 15) is 13.6 Å². The predicted octanol–water partition coefficient (Wildman–Crippen LogP) is 3.81. The number of nitrogens with zero attached hydrogens (tertiary/aromatic N) is 1. The monoisotopic (exact) mass is 317 g/mol. The molecule has 0 saturated heterocycles.